The van der Waals surface area contributed by atoms with Gasteiger partial charge in [0.15, 0.2) is 0 Å². The number of aromatic nitrogens is 2. The quantitative estimate of drug-likeness (QED) is 0.719. The molecule has 1 amide bonds. The highest BCUT2D eigenvalue weighted by Crippen LogP contribution is 2.40. The monoisotopic (exact) mass is 325 g/mol. The number of pyridine rings is 1. The van der Waals surface area contributed by atoms with Gasteiger partial charge in [0.05, 0.1) is 11.4 Å². The number of alkyl halides is 1. The van der Waals surface area contributed by atoms with Gasteiger partial charge in [0, 0.05) is 41.5 Å². The number of nitrogens with zero attached hydrogens (tertiary/aromatic N) is 3. The molecule has 0 saturated carbocycles. The lowest BCUT2D eigenvalue weighted by Gasteiger charge is -2.09. The van der Waals surface area contributed by atoms with E-state index in [0.717, 1.165) is 21.8 Å². The molecule has 114 valence electrons. The molecule has 0 aliphatic carbocycles. The lowest BCUT2D eigenvalue weighted by Crippen LogP contribution is -2.22. The van der Waals surface area contributed by atoms with Crippen LogP contribution in [0, 0.1) is 0 Å². The van der Waals surface area contributed by atoms with E-state index in [2.05, 4.69) is 9.97 Å². The molecule has 1 aliphatic rings. The van der Waals surface area contributed by atoms with E-state index in [1.807, 2.05) is 23.6 Å². The number of thiazole rings is 1. The number of amides is 1. The molecule has 2 aromatic heterocycles. The standard InChI is InChI=1S/C17H12FN3OS/c1-21-14-3-2-11(8-12(14)15(18)17(21)22)13-9-23-16(20-13)10-4-6-19-7-5-10/h2-9,15H,1H3. The van der Waals surface area contributed by atoms with Crippen molar-refractivity contribution in [2.45, 2.75) is 6.17 Å². The van der Waals surface area contributed by atoms with Crippen LogP contribution in [0.2, 0.25) is 0 Å². The number of carbonyl (C=O) groups excluding carboxylic acids is 1. The van der Waals surface area contributed by atoms with Crippen LogP contribution >= 0.6 is 11.3 Å². The van der Waals surface area contributed by atoms with Crippen molar-refractivity contribution >= 4 is 22.9 Å². The van der Waals surface area contributed by atoms with Gasteiger partial charge < -0.3 is 4.90 Å². The van der Waals surface area contributed by atoms with Crippen LogP contribution in [0.5, 0.6) is 0 Å². The van der Waals surface area contributed by atoms with Crippen LogP contribution in [0.4, 0.5) is 10.1 Å². The van der Waals surface area contributed by atoms with Gasteiger partial charge in [-0.05, 0) is 24.3 Å². The van der Waals surface area contributed by atoms with Crippen LogP contribution < -0.4 is 4.90 Å². The van der Waals surface area contributed by atoms with Crippen molar-refractivity contribution in [3.63, 3.8) is 0 Å². The number of carbonyl (C=O) groups is 1. The van der Waals surface area contributed by atoms with E-state index in [-0.39, 0.29) is 0 Å². The van der Waals surface area contributed by atoms with Crippen molar-refractivity contribution in [1.82, 2.24) is 9.97 Å². The third-order valence-electron chi connectivity index (χ3n) is 3.94. The molecule has 4 rings (SSSR count). The fourth-order valence-electron chi connectivity index (χ4n) is 2.68. The summed E-state index contributed by atoms with van der Waals surface area (Å²) >= 11 is 1.52. The summed E-state index contributed by atoms with van der Waals surface area (Å²) in [5.74, 6) is -0.520. The molecule has 1 aliphatic heterocycles. The lowest BCUT2D eigenvalue weighted by atomic mass is 10.1. The van der Waals surface area contributed by atoms with Gasteiger partial charge in [0.2, 0.25) is 6.17 Å². The van der Waals surface area contributed by atoms with E-state index < -0.39 is 12.1 Å². The molecule has 3 heterocycles. The fraction of sp³-hybridized carbons (Fsp3) is 0.118. The summed E-state index contributed by atoms with van der Waals surface area (Å²) in [6.07, 6.45) is 1.86. The summed E-state index contributed by atoms with van der Waals surface area (Å²) in [5.41, 5.74) is 3.62. The molecule has 0 fully saturated rings. The van der Waals surface area contributed by atoms with Crippen LogP contribution in [0.1, 0.15) is 11.7 Å². The number of anilines is 1. The Morgan fingerprint density at radius 3 is 2.74 bits per heavy atom. The SMILES string of the molecule is CN1C(=O)C(F)c2cc(-c3csc(-c4ccncc4)n3)ccc21. The Bertz CT molecular complexity index is 894. The second-order valence-electron chi connectivity index (χ2n) is 5.31. The van der Waals surface area contributed by atoms with Crippen LogP contribution in [-0.2, 0) is 4.79 Å². The number of hydrogen-bond acceptors (Lipinski definition) is 4. The van der Waals surface area contributed by atoms with Crippen LogP contribution in [0.25, 0.3) is 21.8 Å². The average molecular weight is 325 g/mol. The Balaban J connectivity index is 1.73. The Kier molecular flexibility index (Phi) is 3.20. The predicted molar refractivity (Wildman–Crippen MR) is 88.0 cm³/mol. The largest absolute Gasteiger partial charge is 0.312 e. The van der Waals surface area contributed by atoms with Gasteiger partial charge in [-0.15, -0.1) is 11.3 Å². The van der Waals surface area contributed by atoms with E-state index in [1.165, 1.54) is 16.2 Å². The minimum absolute atomic E-state index is 0.411. The molecule has 3 aromatic rings. The van der Waals surface area contributed by atoms with Crippen molar-refractivity contribution in [3.05, 3.63) is 53.7 Å². The molecule has 0 spiro atoms. The number of rotatable bonds is 2. The summed E-state index contributed by atoms with van der Waals surface area (Å²) in [7, 11) is 1.59. The van der Waals surface area contributed by atoms with E-state index in [1.54, 1.807) is 31.6 Å². The molecule has 23 heavy (non-hydrogen) atoms. The summed E-state index contributed by atoms with van der Waals surface area (Å²) < 4.78 is 14.1. The molecule has 0 saturated heterocycles. The molecule has 1 unspecified atom stereocenters. The summed E-state index contributed by atoms with van der Waals surface area (Å²) in [5, 5.41) is 2.82. The van der Waals surface area contributed by atoms with Crippen LogP contribution in [-0.4, -0.2) is 22.9 Å². The summed E-state index contributed by atoms with van der Waals surface area (Å²) in [6.45, 7) is 0. The second-order valence-corrected chi connectivity index (χ2v) is 6.17. The highest BCUT2D eigenvalue weighted by molar-refractivity contribution is 7.13. The topological polar surface area (TPSA) is 46.1 Å². The van der Waals surface area contributed by atoms with E-state index >= 15 is 0 Å². The van der Waals surface area contributed by atoms with E-state index in [0.29, 0.717) is 11.3 Å². The molecule has 0 N–H and O–H groups in total. The minimum atomic E-state index is -1.59. The van der Waals surface area contributed by atoms with Crippen LogP contribution in [0.15, 0.2) is 48.1 Å². The Hall–Kier alpha value is -2.60. The minimum Gasteiger partial charge on any atom is -0.312 e. The summed E-state index contributed by atoms with van der Waals surface area (Å²) in [4.78, 5) is 21.7. The van der Waals surface area contributed by atoms with Crippen molar-refractivity contribution in [2.24, 2.45) is 0 Å². The Morgan fingerprint density at radius 2 is 1.96 bits per heavy atom. The van der Waals surface area contributed by atoms with Gasteiger partial charge in [-0.25, -0.2) is 9.37 Å². The normalized spacial score (nSPS) is 16.7. The van der Waals surface area contributed by atoms with Gasteiger partial charge in [-0.1, -0.05) is 6.07 Å². The highest BCUT2D eigenvalue weighted by atomic mass is 32.1. The first-order valence-corrected chi connectivity index (χ1v) is 7.95. The highest BCUT2D eigenvalue weighted by Gasteiger charge is 2.35. The zero-order chi connectivity index (χ0) is 16.0. The van der Waals surface area contributed by atoms with E-state index in [9.17, 15) is 9.18 Å². The molecular formula is C17H12FN3OS. The predicted octanol–water partition coefficient (Wildman–Crippen LogP) is 3.86. The third kappa shape index (κ3) is 2.22. The Morgan fingerprint density at radius 1 is 1.17 bits per heavy atom. The maximum atomic E-state index is 14.1. The van der Waals surface area contributed by atoms with Crippen molar-refractivity contribution < 1.29 is 9.18 Å². The number of fused-ring (bicyclic) bond motifs is 1. The maximum Gasteiger partial charge on any atom is 0.266 e. The van der Waals surface area contributed by atoms with Gasteiger partial charge in [0.25, 0.3) is 5.91 Å². The lowest BCUT2D eigenvalue weighted by molar-refractivity contribution is -0.122. The molecule has 0 bridgehead atoms. The third-order valence-corrected chi connectivity index (χ3v) is 4.83. The molecule has 0 radical (unpaired) electrons. The number of halogens is 1. The van der Waals surface area contributed by atoms with Crippen molar-refractivity contribution in [2.75, 3.05) is 11.9 Å². The summed E-state index contributed by atoms with van der Waals surface area (Å²) in [6, 6.07) is 9.15. The van der Waals surface area contributed by atoms with Crippen molar-refractivity contribution in [3.8, 4) is 21.8 Å². The first-order valence-electron chi connectivity index (χ1n) is 7.07. The van der Waals surface area contributed by atoms with Gasteiger partial charge in [-0.3, -0.25) is 9.78 Å². The second kappa shape index (κ2) is 5.24. The average Bonchev–Trinajstić information content (AvgIpc) is 3.17. The number of hydrogen-bond donors (Lipinski definition) is 0. The first-order chi connectivity index (χ1) is 11.1. The number of likely N-dealkylation sites (N-methyl/N-ethyl adjacent to an activating group) is 1. The first kappa shape index (κ1) is 14.0. The fourth-order valence-corrected chi connectivity index (χ4v) is 3.51. The zero-order valence-corrected chi connectivity index (χ0v) is 13.0. The maximum absolute atomic E-state index is 14.1. The van der Waals surface area contributed by atoms with Crippen molar-refractivity contribution in [1.29, 1.82) is 0 Å². The molecule has 1 atom stereocenters. The smallest absolute Gasteiger partial charge is 0.266 e. The van der Waals surface area contributed by atoms with Gasteiger partial charge in [0.1, 0.15) is 5.01 Å². The number of benzene rings is 1. The molecule has 4 nitrogen and oxygen atoms in total. The molecule has 6 heteroatoms. The molecular weight excluding hydrogens is 313 g/mol. The Labute approximate surface area is 136 Å². The zero-order valence-electron chi connectivity index (χ0n) is 12.2. The van der Waals surface area contributed by atoms with E-state index in [4.69, 9.17) is 0 Å². The van der Waals surface area contributed by atoms with Crippen LogP contribution in [0.3, 0.4) is 0 Å². The van der Waals surface area contributed by atoms with Gasteiger partial charge >= 0.3 is 0 Å². The van der Waals surface area contributed by atoms with Gasteiger partial charge in [-0.2, -0.15) is 0 Å². The molecule has 1 aromatic carbocycles.